The minimum atomic E-state index is 0.269. The summed E-state index contributed by atoms with van der Waals surface area (Å²) in [4.78, 5) is 30.6. The minimum absolute atomic E-state index is 0.269. The molecule has 3 saturated heterocycles. The molecular formula is C19H33N3O2. The molecule has 1 atom stereocenters. The van der Waals surface area contributed by atoms with Gasteiger partial charge in [-0.25, -0.2) is 0 Å². The molecule has 0 saturated carbocycles. The molecule has 3 fully saturated rings. The maximum absolute atomic E-state index is 12.6. The maximum atomic E-state index is 12.6. The van der Waals surface area contributed by atoms with Crippen LogP contribution in [0.15, 0.2) is 0 Å². The molecule has 5 nitrogen and oxygen atoms in total. The molecule has 24 heavy (non-hydrogen) atoms. The Bertz CT molecular complexity index is 471. The second-order valence-electron chi connectivity index (χ2n) is 8.44. The van der Waals surface area contributed by atoms with Crippen LogP contribution in [0.5, 0.6) is 0 Å². The van der Waals surface area contributed by atoms with Crippen LogP contribution in [-0.4, -0.2) is 73.3 Å². The Morgan fingerprint density at radius 1 is 1.17 bits per heavy atom. The number of carbonyl (C=O) groups excluding carboxylic acids is 2. The normalized spacial score (nSPS) is 28.4. The zero-order chi connectivity index (χ0) is 17.2. The van der Waals surface area contributed by atoms with Gasteiger partial charge in [0.25, 0.3) is 0 Å². The van der Waals surface area contributed by atoms with Gasteiger partial charge in [-0.15, -0.1) is 0 Å². The van der Waals surface area contributed by atoms with Gasteiger partial charge in [-0.1, -0.05) is 0 Å². The lowest BCUT2D eigenvalue weighted by molar-refractivity contribution is -0.141. The van der Waals surface area contributed by atoms with E-state index in [9.17, 15) is 9.59 Å². The molecule has 0 aromatic heterocycles. The highest BCUT2D eigenvalue weighted by Crippen LogP contribution is 2.40. The van der Waals surface area contributed by atoms with E-state index in [-0.39, 0.29) is 11.3 Å². The Morgan fingerprint density at radius 2 is 1.92 bits per heavy atom. The van der Waals surface area contributed by atoms with Gasteiger partial charge in [-0.05, 0) is 63.5 Å². The molecule has 5 heteroatoms. The van der Waals surface area contributed by atoms with Gasteiger partial charge < -0.3 is 14.7 Å². The lowest BCUT2D eigenvalue weighted by Gasteiger charge is -2.46. The van der Waals surface area contributed by atoms with Crippen molar-refractivity contribution in [1.82, 2.24) is 14.7 Å². The van der Waals surface area contributed by atoms with Gasteiger partial charge in [0.2, 0.25) is 11.8 Å². The van der Waals surface area contributed by atoms with E-state index in [1.807, 2.05) is 11.9 Å². The van der Waals surface area contributed by atoms with Gasteiger partial charge in [0.15, 0.2) is 0 Å². The summed E-state index contributed by atoms with van der Waals surface area (Å²) in [6, 6.07) is 0. The van der Waals surface area contributed by atoms with E-state index in [4.69, 9.17) is 0 Å². The molecule has 1 spiro atoms. The van der Waals surface area contributed by atoms with Crippen molar-refractivity contribution in [2.24, 2.45) is 11.3 Å². The quantitative estimate of drug-likeness (QED) is 0.792. The van der Waals surface area contributed by atoms with Crippen molar-refractivity contribution < 1.29 is 9.59 Å². The number of likely N-dealkylation sites (tertiary alicyclic amines) is 3. The Morgan fingerprint density at radius 3 is 2.58 bits per heavy atom. The summed E-state index contributed by atoms with van der Waals surface area (Å²) in [6.07, 6.45) is 8.11. The number of amides is 2. The van der Waals surface area contributed by atoms with Crippen LogP contribution in [0.2, 0.25) is 0 Å². The van der Waals surface area contributed by atoms with Crippen molar-refractivity contribution in [2.75, 3.05) is 46.8 Å². The van der Waals surface area contributed by atoms with Crippen LogP contribution in [0, 0.1) is 11.3 Å². The number of piperidine rings is 3. The second kappa shape index (κ2) is 7.42. The fraction of sp³-hybridized carbons (Fsp3) is 0.895. The molecule has 3 heterocycles. The van der Waals surface area contributed by atoms with Crippen LogP contribution >= 0.6 is 0 Å². The maximum Gasteiger partial charge on any atom is 0.222 e. The second-order valence-corrected chi connectivity index (χ2v) is 8.44. The van der Waals surface area contributed by atoms with E-state index in [2.05, 4.69) is 16.8 Å². The molecule has 136 valence electrons. The average Bonchev–Trinajstić information content (AvgIpc) is 2.57. The number of rotatable bonds is 3. The van der Waals surface area contributed by atoms with Crippen LogP contribution in [0.3, 0.4) is 0 Å². The Balaban J connectivity index is 1.43. The highest BCUT2D eigenvalue weighted by molar-refractivity contribution is 5.77. The van der Waals surface area contributed by atoms with E-state index in [0.29, 0.717) is 24.7 Å². The van der Waals surface area contributed by atoms with E-state index in [1.165, 1.54) is 19.4 Å². The van der Waals surface area contributed by atoms with Crippen LogP contribution < -0.4 is 0 Å². The number of hydrogen-bond acceptors (Lipinski definition) is 3. The third-order valence-corrected chi connectivity index (χ3v) is 6.53. The molecule has 2 amide bonds. The summed E-state index contributed by atoms with van der Waals surface area (Å²) in [5, 5.41) is 0. The summed E-state index contributed by atoms with van der Waals surface area (Å²) < 4.78 is 0. The summed E-state index contributed by atoms with van der Waals surface area (Å²) in [5.41, 5.74) is 0.269. The van der Waals surface area contributed by atoms with Crippen molar-refractivity contribution in [1.29, 1.82) is 0 Å². The molecule has 3 rings (SSSR count). The predicted octanol–water partition coefficient (Wildman–Crippen LogP) is 1.97. The molecular weight excluding hydrogens is 302 g/mol. The third kappa shape index (κ3) is 4.11. The van der Waals surface area contributed by atoms with Crippen LogP contribution in [0.25, 0.3) is 0 Å². The van der Waals surface area contributed by atoms with Gasteiger partial charge >= 0.3 is 0 Å². The first-order valence-electron chi connectivity index (χ1n) is 9.68. The van der Waals surface area contributed by atoms with Gasteiger partial charge in [0.1, 0.15) is 0 Å². The molecule has 1 unspecified atom stereocenters. The van der Waals surface area contributed by atoms with E-state index in [1.54, 1.807) is 0 Å². The van der Waals surface area contributed by atoms with Crippen molar-refractivity contribution in [3.05, 3.63) is 0 Å². The van der Waals surface area contributed by atoms with Gasteiger partial charge in [0.05, 0.1) is 0 Å². The largest absolute Gasteiger partial charge is 0.345 e. The lowest BCUT2D eigenvalue weighted by atomic mass is 9.72. The van der Waals surface area contributed by atoms with E-state index in [0.717, 1.165) is 51.9 Å². The van der Waals surface area contributed by atoms with E-state index >= 15 is 0 Å². The van der Waals surface area contributed by atoms with Crippen LogP contribution in [0.1, 0.15) is 51.4 Å². The number of hydrogen-bond donors (Lipinski definition) is 0. The Hall–Kier alpha value is -1.10. The zero-order valence-corrected chi connectivity index (χ0v) is 15.4. The monoisotopic (exact) mass is 335 g/mol. The smallest absolute Gasteiger partial charge is 0.222 e. The molecule has 3 aliphatic rings. The van der Waals surface area contributed by atoms with Crippen LogP contribution in [0.4, 0.5) is 0 Å². The van der Waals surface area contributed by atoms with Crippen LogP contribution in [-0.2, 0) is 9.59 Å². The molecule has 0 bridgehead atoms. The highest BCUT2D eigenvalue weighted by Gasteiger charge is 2.40. The molecule has 0 aliphatic carbocycles. The minimum Gasteiger partial charge on any atom is -0.345 e. The van der Waals surface area contributed by atoms with Crippen molar-refractivity contribution in [2.45, 2.75) is 51.4 Å². The summed E-state index contributed by atoms with van der Waals surface area (Å²) in [6.45, 7) is 4.99. The van der Waals surface area contributed by atoms with Gasteiger partial charge in [-0.3, -0.25) is 9.59 Å². The third-order valence-electron chi connectivity index (χ3n) is 6.53. The topological polar surface area (TPSA) is 43.9 Å². The summed E-state index contributed by atoms with van der Waals surface area (Å²) in [7, 11) is 4.10. The fourth-order valence-corrected chi connectivity index (χ4v) is 4.87. The predicted molar refractivity (Wildman–Crippen MR) is 94.6 cm³/mol. The first-order chi connectivity index (χ1) is 11.5. The SMILES string of the molecule is CN1CCCC(CCC(=O)N2CCC3(CCC(=O)N(C)C3)CC2)C1. The van der Waals surface area contributed by atoms with Gasteiger partial charge in [-0.2, -0.15) is 0 Å². The molecule has 3 aliphatic heterocycles. The molecule has 0 aromatic carbocycles. The first-order valence-corrected chi connectivity index (χ1v) is 9.68. The van der Waals surface area contributed by atoms with Crippen molar-refractivity contribution in [3.63, 3.8) is 0 Å². The number of nitrogens with zero attached hydrogens (tertiary/aromatic N) is 3. The lowest BCUT2D eigenvalue weighted by Crippen LogP contribution is -2.51. The summed E-state index contributed by atoms with van der Waals surface area (Å²) in [5.74, 6) is 1.32. The average molecular weight is 335 g/mol. The fourth-order valence-electron chi connectivity index (χ4n) is 4.87. The summed E-state index contributed by atoms with van der Waals surface area (Å²) >= 11 is 0. The standard InChI is InChI=1S/C19H33N3O2/c1-20-11-3-4-16(14-20)5-6-18(24)22-12-9-19(10-13-22)8-7-17(23)21(2)15-19/h16H,3-15H2,1-2H3. The highest BCUT2D eigenvalue weighted by atomic mass is 16.2. The van der Waals surface area contributed by atoms with Gasteiger partial charge in [0, 0.05) is 46.1 Å². The Kier molecular flexibility index (Phi) is 5.48. The molecule has 0 N–H and O–H groups in total. The van der Waals surface area contributed by atoms with Crippen molar-refractivity contribution in [3.8, 4) is 0 Å². The first kappa shape index (κ1) is 17.7. The molecule has 0 radical (unpaired) electrons. The molecule has 0 aromatic rings. The zero-order valence-electron chi connectivity index (χ0n) is 15.4. The van der Waals surface area contributed by atoms with Crippen molar-refractivity contribution >= 4 is 11.8 Å². The number of carbonyl (C=O) groups is 2. The Labute approximate surface area is 146 Å². The van der Waals surface area contributed by atoms with E-state index < -0.39 is 0 Å².